The number of hydrogen-bond donors (Lipinski definition) is 8. The van der Waals surface area contributed by atoms with Gasteiger partial charge < -0.3 is 43.4 Å². The van der Waals surface area contributed by atoms with Crippen LogP contribution in [0.1, 0.15) is 11.1 Å². The van der Waals surface area contributed by atoms with E-state index in [-0.39, 0.29) is 60.5 Å². The fraction of sp³-hybridized carbons (Fsp3) is 0.222. The van der Waals surface area contributed by atoms with Crippen molar-refractivity contribution in [3.63, 3.8) is 0 Å². The molecule has 0 fully saturated rings. The maximum Gasteiger partial charge on any atom is 0.320 e. The Morgan fingerprint density at radius 1 is 0.733 bits per heavy atom. The zero-order valence-electron chi connectivity index (χ0n) is 15.8. The minimum Gasteiger partial charge on any atom is -0.506 e. The van der Waals surface area contributed by atoms with Crippen molar-refractivity contribution in [2.24, 2.45) is 11.5 Å². The number of phenols is 2. The fourth-order valence-electron chi connectivity index (χ4n) is 2.11. The van der Waals surface area contributed by atoms with E-state index in [2.05, 4.69) is 0 Å². The van der Waals surface area contributed by atoms with E-state index in [1.54, 1.807) is 12.1 Å². The molecule has 0 radical (unpaired) electrons. The van der Waals surface area contributed by atoms with Gasteiger partial charge in [0.25, 0.3) is 0 Å². The third kappa shape index (κ3) is 9.52. The summed E-state index contributed by atoms with van der Waals surface area (Å²) < 4.78 is 0. The van der Waals surface area contributed by atoms with Gasteiger partial charge in [-0.15, -0.1) is 24.8 Å². The molecule has 168 valence electrons. The molecule has 0 heterocycles. The highest BCUT2D eigenvalue weighted by molar-refractivity contribution is 5.85. The third-order valence-corrected chi connectivity index (χ3v) is 3.74. The van der Waals surface area contributed by atoms with Crippen LogP contribution in [-0.2, 0) is 22.4 Å². The smallest absolute Gasteiger partial charge is 0.320 e. The number of benzene rings is 2. The summed E-state index contributed by atoms with van der Waals surface area (Å²) >= 11 is 0. The van der Waals surface area contributed by atoms with Crippen molar-refractivity contribution in [1.82, 2.24) is 0 Å². The van der Waals surface area contributed by atoms with Crippen LogP contribution in [0.2, 0.25) is 0 Å². The number of carboxylic acids is 2. The second-order valence-electron chi connectivity index (χ2n) is 6.08. The Balaban J connectivity index is 0. The van der Waals surface area contributed by atoms with Gasteiger partial charge >= 0.3 is 11.9 Å². The van der Waals surface area contributed by atoms with Gasteiger partial charge in [0.15, 0.2) is 0 Å². The van der Waals surface area contributed by atoms with Crippen molar-refractivity contribution in [2.45, 2.75) is 24.9 Å². The number of anilines is 2. The van der Waals surface area contributed by atoms with Crippen molar-refractivity contribution in [2.75, 3.05) is 11.5 Å². The molecule has 12 N–H and O–H groups in total. The number of rotatable bonds is 6. The van der Waals surface area contributed by atoms with Crippen molar-refractivity contribution >= 4 is 48.1 Å². The van der Waals surface area contributed by atoms with E-state index in [0.717, 1.165) is 0 Å². The molecule has 0 saturated carbocycles. The van der Waals surface area contributed by atoms with Crippen LogP contribution in [0, 0.1) is 0 Å². The maximum absolute atomic E-state index is 10.4. The summed E-state index contributed by atoms with van der Waals surface area (Å²) in [6, 6.07) is 7.21. The average molecular weight is 465 g/mol. The molecule has 2 atom stereocenters. The zero-order chi connectivity index (χ0) is 21.4. The van der Waals surface area contributed by atoms with E-state index in [0.29, 0.717) is 11.1 Å². The number of nitrogens with two attached hydrogens (primary N) is 4. The van der Waals surface area contributed by atoms with Gasteiger partial charge in [0.2, 0.25) is 0 Å². The number of carbonyl (C=O) groups is 2. The lowest BCUT2D eigenvalue weighted by atomic mass is 10.1. The molecule has 0 aliphatic rings. The van der Waals surface area contributed by atoms with Gasteiger partial charge in [-0.1, -0.05) is 12.1 Å². The van der Waals surface area contributed by atoms with Crippen molar-refractivity contribution < 1.29 is 30.0 Å². The number of halogens is 2. The second-order valence-corrected chi connectivity index (χ2v) is 6.08. The van der Waals surface area contributed by atoms with Gasteiger partial charge in [0, 0.05) is 0 Å². The van der Waals surface area contributed by atoms with E-state index in [1.807, 2.05) is 0 Å². The number of nitrogen functional groups attached to an aromatic ring is 2. The molecule has 0 aliphatic heterocycles. The van der Waals surface area contributed by atoms with Crippen molar-refractivity contribution in [3.8, 4) is 11.5 Å². The van der Waals surface area contributed by atoms with Gasteiger partial charge in [-0.05, 0) is 48.2 Å². The molecule has 0 aliphatic carbocycles. The number of hydrogen-bond acceptors (Lipinski definition) is 8. The van der Waals surface area contributed by atoms with Crippen LogP contribution in [-0.4, -0.2) is 44.4 Å². The quantitative estimate of drug-likeness (QED) is 0.220. The molecule has 2 unspecified atom stereocenters. The Morgan fingerprint density at radius 3 is 1.27 bits per heavy atom. The highest BCUT2D eigenvalue weighted by Gasteiger charge is 2.13. The van der Waals surface area contributed by atoms with Crippen LogP contribution in [0.15, 0.2) is 36.4 Å². The molecule has 30 heavy (non-hydrogen) atoms. The lowest BCUT2D eigenvalue weighted by Crippen LogP contribution is -2.32. The second kappa shape index (κ2) is 13.3. The fourth-order valence-corrected chi connectivity index (χ4v) is 2.11. The van der Waals surface area contributed by atoms with Crippen LogP contribution in [0.4, 0.5) is 11.4 Å². The monoisotopic (exact) mass is 464 g/mol. The standard InChI is InChI=1S/2C9H12N2O3.2ClH/c2*10-6-2-1-5(4-8(6)12)3-7(11)9(13)14;;/h2*1-2,4,7,12H,3,10-11H2,(H,13,14);2*1H. The van der Waals surface area contributed by atoms with E-state index >= 15 is 0 Å². The van der Waals surface area contributed by atoms with Gasteiger partial charge in [0.1, 0.15) is 23.6 Å². The summed E-state index contributed by atoms with van der Waals surface area (Å²) in [6.07, 6.45) is 0.340. The summed E-state index contributed by atoms with van der Waals surface area (Å²) in [6.45, 7) is 0. The highest BCUT2D eigenvalue weighted by atomic mass is 35.5. The molecule has 2 aromatic rings. The Morgan fingerprint density at radius 2 is 1.03 bits per heavy atom. The van der Waals surface area contributed by atoms with Crippen LogP contribution in [0.5, 0.6) is 11.5 Å². The molecule has 2 aromatic carbocycles. The molecular weight excluding hydrogens is 439 g/mol. The molecule has 10 nitrogen and oxygen atoms in total. The van der Waals surface area contributed by atoms with Gasteiger partial charge in [-0.2, -0.15) is 0 Å². The maximum atomic E-state index is 10.4. The first kappa shape index (κ1) is 29.3. The Hall–Kier alpha value is -2.92. The lowest BCUT2D eigenvalue weighted by Gasteiger charge is -2.07. The van der Waals surface area contributed by atoms with E-state index in [4.69, 9.17) is 33.1 Å². The van der Waals surface area contributed by atoms with E-state index in [9.17, 15) is 19.8 Å². The number of phenolic OH excluding ortho intramolecular Hbond substituents is 2. The number of carboxylic acid groups (broad SMARTS) is 2. The Bertz CT molecular complexity index is 784. The molecule has 0 bridgehead atoms. The Kier molecular flexibility index (Phi) is 13.0. The molecule has 2 rings (SSSR count). The summed E-state index contributed by atoms with van der Waals surface area (Å²) in [5.74, 6) is -2.25. The average Bonchev–Trinajstić information content (AvgIpc) is 2.61. The van der Waals surface area contributed by atoms with Crippen molar-refractivity contribution in [3.05, 3.63) is 47.5 Å². The van der Waals surface area contributed by atoms with Crippen molar-refractivity contribution in [1.29, 1.82) is 0 Å². The van der Waals surface area contributed by atoms with Crippen LogP contribution >= 0.6 is 24.8 Å². The van der Waals surface area contributed by atoms with Gasteiger partial charge in [-0.25, -0.2) is 0 Å². The Labute approximate surface area is 185 Å². The lowest BCUT2D eigenvalue weighted by molar-refractivity contribution is -0.139. The van der Waals surface area contributed by atoms with Crippen LogP contribution in [0.25, 0.3) is 0 Å². The molecule has 0 aromatic heterocycles. The summed E-state index contributed by atoms with van der Waals surface area (Å²) in [4.78, 5) is 20.9. The van der Waals surface area contributed by atoms with Crippen LogP contribution < -0.4 is 22.9 Å². The summed E-state index contributed by atoms with van der Waals surface area (Å²) in [7, 11) is 0. The minimum atomic E-state index is -1.07. The van der Waals surface area contributed by atoms with E-state index in [1.165, 1.54) is 24.3 Å². The summed E-state index contributed by atoms with van der Waals surface area (Å²) in [5.41, 5.74) is 23.2. The van der Waals surface area contributed by atoms with Gasteiger partial charge in [-0.3, -0.25) is 9.59 Å². The molecule has 0 amide bonds. The van der Waals surface area contributed by atoms with Gasteiger partial charge in [0.05, 0.1) is 11.4 Å². The predicted molar refractivity (Wildman–Crippen MR) is 118 cm³/mol. The molecule has 0 saturated heterocycles. The first-order valence-corrected chi connectivity index (χ1v) is 8.12. The third-order valence-electron chi connectivity index (χ3n) is 3.74. The zero-order valence-corrected chi connectivity index (χ0v) is 17.4. The number of aromatic hydroxyl groups is 2. The normalized spacial score (nSPS) is 11.5. The minimum absolute atomic E-state index is 0. The first-order chi connectivity index (χ1) is 13.0. The molecule has 0 spiro atoms. The molecular formula is C18H26Cl2N4O6. The highest BCUT2D eigenvalue weighted by Crippen LogP contribution is 2.22. The topological polar surface area (TPSA) is 219 Å². The SMILES string of the molecule is Cl.Cl.Nc1ccc(CC(N)C(=O)O)cc1O.Nc1ccc(CC(N)C(=O)O)cc1O. The summed E-state index contributed by atoms with van der Waals surface area (Å²) in [5, 5.41) is 35.6. The first-order valence-electron chi connectivity index (χ1n) is 8.12. The predicted octanol–water partition coefficient (Wildman–Crippen LogP) is 0.701. The van der Waals surface area contributed by atoms with Crippen LogP contribution in [0.3, 0.4) is 0 Å². The van der Waals surface area contributed by atoms with E-state index < -0.39 is 24.0 Å². The number of aliphatic carboxylic acids is 2. The molecule has 12 heteroatoms. The largest absolute Gasteiger partial charge is 0.506 e.